The molecule has 0 aliphatic heterocycles. The number of rotatable bonds is 5. The second kappa shape index (κ2) is 7.84. The van der Waals surface area contributed by atoms with Crippen molar-refractivity contribution in [1.29, 1.82) is 0 Å². The summed E-state index contributed by atoms with van der Waals surface area (Å²) in [4.78, 5) is 46.8. The minimum atomic E-state index is -1.03. The van der Waals surface area contributed by atoms with E-state index in [2.05, 4.69) is 15.3 Å². The highest BCUT2D eigenvalue weighted by Crippen LogP contribution is 2.20. The molecule has 0 fully saturated rings. The quantitative estimate of drug-likeness (QED) is 0.533. The molecule has 146 valence electrons. The first-order valence-corrected chi connectivity index (χ1v) is 9.85. The Labute approximate surface area is 169 Å². The van der Waals surface area contributed by atoms with Crippen LogP contribution in [-0.2, 0) is 11.2 Å². The Kier molecular flexibility index (Phi) is 5.09. The van der Waals surface area contributed by atoms with Crippen molar-refractivity contribution in [2.45, 2.75) is 19.4 Å². The molecule has 4 rings (SSSR count). The lowest BCUT2D eigenvalue weighted by atomic mass is 10.0. The topological polar surface area (TPSA) is 96.8 Å². The Balaban J connectivity index is 1.81. The summed E-state index contributed by atoms with van der Waals surface area (Å²) in [5.74, 6) is -0.467. The number of aromatic nitrogens is 3. The Morgan fingerprint density at radius 2 is 1.86 bits per heavy atom. The summed E-state index contributed by atoms with van der Waals surface area (Å²) in [5, 5.41) is 3.52. The molecular formula is C21H18N4O3S. The van der Waals surface area contributed by atoms with Gasteiger partial charge >= 0.3 is 5.69 Å². The molecule has 2 N–H and O–H groups in total. The van der Waals surface area contributed by atoms with Crippen molar-refractivity contribution in [2.24, 2.45) is 0 Å². The number of aromatic amines is 1. The maximum absolute atomic E-state index is 13.1. The van der Waals surface area contributed by atoms with Crippen molar-refractivity contribution in [2.75, 3.05) is 5.32 Å². The molecule has 2 aromatic heterocycles. The second-order valence-corrected chi connectivity index (χ2v) is 7.86. The van der Waals surface area contributed by atoms with E-state index in [1.54, 1.807) is 30.5 Å². The van der Waals surface area contributed by atoms with Crippen molar-refractivity contribution in [3.8, 4) is 0 Å². The first kappa shape index (κ1) is 18.8. The van der Waals surface area contributed by atoms with Crippen LogP contribution in [0.2, 0.25) is 0 Å². The molecular weight excluding hydrogens is 388 g/mol. The second-order valence-electron chi connectivity index (χ2n) is 6.62. The Bertz CT molecular complexity index is 1290. The molecule has 1 unspecified atom stereocenters. The Morgan fingerprint density at radius 3 is 2.59 bits per heavy atom. The average Bonchev–Trinajstić information content (AvgIpc) is 3.12. The number of amides is 1. The van der Waals surface area contributed by atoms with E-state index in [0.717, 1.165) is 15.0 Å². The van der Waals surface area contributed by atoms with Crippen LogP contribution in [0.15, 0.2) is 70.4 Å². The van der Waals surface area contributed by atoms with E-state index in [0.29, 0.717) is 16.0 Å². The molecule has 0 saturated carbocycles. The number of para-hydroxylation sites is 1. The summed E-state index contributed by atoms with van der Waals surface area (Å²) in [6.07, 6.45) is 1.85. The molecule has 0 aliphatic carbocycles. The lowest BCUT2D eigenvalue weighted by Crippen LogP contribution is -2.43. The van der Waals surface area contributed by atoms with Gasteiger partial charge in [0.15, 0.2) is 5.13 Å². The number of carbonyl (C=O) groups excluding carboxylic acids is 1. The minimum absolute atomic E-state index is 0.193. The van der Waals surface area contributed by atoms with Crippen LogP contribution >= 0.6 is 11.3 Å². The highest BCUT2D eigenvalue weighted by atomic mass is 32.1. The van der Waals surface area contributed by atoms with Crippen LogP contribution in [-0.4, -0.2) is 20.4 Å². The highest BCUT2D eigenvalue weighted by Gasteiger charge is 2.26. The fourth-order valence-electron chi connectivity index (χ4n) is 3.20. The van der Waals surface area contributed by atoms with E-state index in [1.165, 1.54) is 11.3 Å². The zero-order chi connectivity index (χ0) is 20.4. The number of aryl methyl sites for hydroxylation is 1. The van der Waals surface area contributed by atoms with Gasteiger partial charge in [0.05, 0.1) is 10.9 Å². The molecule has 4 aromatic rings. The number of hydrogen-bond donors (Lipinski definition) is 2. The van der Waals surface area contributed by atoms with Crippen LogP contribution in [0.1, 0.15) is 16.5 Å². The number of nitrogens with zero attached hydrogens (tertiary/aromatic N) is 2. The number of anilines is 1. The van der Waals surface area contributed by atoms with Crippen LogP contribution in [0, 0.1) is 6.92 Å². The molecule has 1 atom stereocenters. The zero-order valence-corrected chi connectivity index (χ0v) is 16.4. The number of fused-ring (bicyclic) bond motifs is 1. The van der Waals surface area contributed by atoms with E-state index in [4.69, 9.17) is 0 Å². The predicted octanol–water partition coefficient (Wildman–Crippen LogP) is 2.88. The van der Waals surface area contributed by atoms with Gasteiger partial charge in [0.2, 0.25) is 5.91 Å². The van der Waals surface area contributed by atoms with Gasteiger partial charge < -0.3 is 10.3 Å². The van der Waals surface area contributed by atoms with Gasteiger partial charge in [0.25, 0.3) is 5.56 Å². The molecule has 8 heteroatoms. The lowest BCUT2D eigenvalue weighted by Gasteiger charge is -2.18. The first-order valence-electron chi connectivity index (χ1n) is 9.04. The molecule has 0 aliphatic rings. The van der Waals surface area contributed by atoms with E-state index in [1.807, 2.05) is 37.3 Å². The van der Waals surface area contributed by atoms with E-state index in [9.17, 15) is 14.4 Å². The molecule has 2 aromatic carbocycles. The van der Waals surface area contributed by atoms with Crippen molar-refractivity contribution in [3.05, 3.63) is 92.1 Å². The summed E-state index contributed by atoms with van der Waals surface area (Å²) < 4.78 is 0.991. The molecule has 0 saturated heterocycles. The number of H-pyrrole nitrogens is 1. The predicted molar refractivity (Wildman–Crippen MR) is 113 cm³/mol. The summed E-state index contributed by atoms with van der Waals surface area (Å²) in [7, 11) is 0. The summed E-state index contributed by atoms with van der Waals surface area (Å²) in [5.41, 5.74) is 0.145. The van der Waals surface area contributed by atoms with Gasteiger partial charge in [-0.05, 0) is 24.6 Å². The largest absolute Gasteiger partial charge is 0.329 e. The van der Waals surface area contributed by atoms with Crippen molar-refractivity contribution < 1.29 is 4.79 Å². The minimum Gasteiger partial charge on any atom is -0.307 e. The van der Waals surface area contributed by atoms with Crippen LogP contribution in [0.4, 0.5) is 5.13 Å². The highest BCUT2D eigenvalue weighted by molar-refractivity contribution is 7.15. The summed E-state index contributed by atoms with van der Waals surface area (Å²) in [6.45, 7) is 1.88. The molecule has 2 heterocycles. The monoisotopic (exact) mass is 406 g/mol. The van der Waals surface area contributed by atoms with Crippen LogP contribution in [0.3, 0.4) is 0 Å². The fraction of sp³-hybridized carbons (Fsp3) is 0.143. The number of nitrogens with one attached hydrogen (secondary N) is 2. The number of thiazole rings is 1. The van der Waals surface area contributed by atoms with Gasteiger partial charge in [0, 0.05) is 17.5 Å². The molecule has 0 bridgehead atoms. The molecule has 0 spiro atoms. The van der Waals surface area contributed by atoms with Gasteiger partial charge in [-0.15, -0.1) is 11.3 Å². The van der Waals surface area contributed by atoms with Gasteiger partial charge in [-0.3, -0.25) is 9.59 Å². The standard InChI is InChI=1S/C21H18N4O3S/c1-13-12-22-20(29-13)24-18(26)17(11-14-7-3-2-4-8-14)25-19(27)15-9-5-6-10-16(15)23-21(25)28/h2-10,12,17H,11H2,1H3,(H,23,28)(H,22,24,26). The van der Waals surface area contributed by atoms with Gasteiger partial charge in [-0.1, -0.05) is 42.5 Å². The van der Waals surface area contributed by atoms with E-state index < -0.39 is 23.2 Å². The van der Waals surface area contributed by atoms with Gasteiger partial charge in [-0.25, -0.2) is 14.3 Å². The van der Waals surface area contributed by atoms with E-state index in [-0.39, 0.29) is 6.42 Å². The fourth-order valence-corrected chi connectivity index (χ4v) is 3.87. The van der Waals surface area contributed by atoms with Crippen LogP contribution in [0.25, 0.3) is 10.9 Å². The number of hydrogen-bond acceptors (Lipinski definition) is 5. The molecule has 7 nitrogen and oxygen atoms in total. The number of carbonyl (C=O) groups is 1. The van der Waals surface area contributed by atoms with Gasteiger partial charge in [-0.2, -0.15) is 0 Å². The number of benzene rings is 2. The lowest BCUT2D eigenvalue weighted by molar-refractivity contribution is -0.119. The first-order chi connectivity index (χ1) is 14.0. The summed E-state index contributed by atoms with van der Waals surface area (Å²) >= 11 is 1.33. The smallest absolute Gasteiger partial charge is 0.307 e. The Morgan fingerprint density at radius 1 is 1.14 bits per heavy atom. The third-order valence-electron chi connectivity index (χ3n) is 4.57. The maximum atomic E-state index is 13.1. The molecule has 0 radical (unpaired) electrons. The van der Waals surface area contributed by atoms with Crippen molar-refractivity contribution in [1.82, 2.24) is 14.5 Å². The summed E-state index contributed by atoms with van der Waals surface area (Å²) in [6, 6.07) is 15.0. The molecule has 1 amide bonds. The Hall–Kier alpha value is -3.52. The zero-order valence-electron chi connectivity index (χ0n) is 15.6. The van der Waals surface area contributed by atoms with Crippen molar-refractivity contribution in [3.63, 3.8) is 0 Å². The third kappa shape index (κ3) is 3.88. The molecule has 29 heavy (non-hydrogen) atoms. The van der Waals surface area contributed by atoms with Crippen LogP contribution < -0.4 is 16.6 Å². The van der Waals surface area contributed by atoms with Gasteiger partial charge in [0.1, 0.15) is 6.04 Å². The van der Waals surface area contributed by atoms with Crippen molar-refractivity contribution >= 4 is 33.3 Å². The SMILES string of the molecule is Cc1cnc(NC(=O)C(Cc2ccccc2)n2c(=O)[nH]c3ccccc3c2=O)s1. The van der Waals surface area contributed by atoms with E-state index >= 15 is 0 Å². The average molecular weight is 406 g/mol. The maximum Gasteiger partial charge on any atom is 0.329 e. The third-order valence-corrected chi connectivity index (χ3v) is 5.40. The van der Waals surface area contributed by atoms with Crippen LogP contribution in [0.5, 0.6) is 0 Å². The normalized spacial score (nSPS) is 12.0.